The Balaban J connectivity index is 1.96. The van der Waals surface area contributed by atoms with Gasteiger partial charge in [-0.1, -0.05) is 11.6 Å². The van der Waals surface area contributed by atoms with Crippen molar-refractivity contribution in [3.63, 3.8) is 0 Å². The normalized spacial score (nSPS) is 12.2. The van der Waals surface area contributed by atoms with Crippen LogP contribution in [0, 0.1) is 5.82 Å². The first-order valence-corrected chi connectivity index (χ1v) is 7.75. The van der Waals surface area contributed by atoms with Gasteiger partial charge in [0, 0.05) is 10.7 Å². The fraction of sp³-hybridized carbons (Fsp3) is 0.176. The van der Waals surface area contributed by atoms with Crippen molar-refractivity contribution >= 4 is 29.2 Å². The molecule has 2 aromatic carbocycles. The summed E-state index contributed by atoms with van der Waals surface area (Å²) < 4.78 is 58.5. The zero-order chi connectivity index (χ0) is 20.2. The van der Waals surface area contributed by atoms with Crippen LogP contribution in [-0.4, -0.2) is 24.3 Å². The van der Waals surface area contributed by atoms with Gasteiger partial charge in [-0.05, 0) is 49.4 Å². The van der Waals surface area contributed by atoms with E-state index >= 15 is 0 Å². The van der Waals surface area contributed by atoms with Crippen LogP contribution in [0.5, 0.6) is 5.75 Å². The summed E-state index contributed by atoms with van der Waals surface area (Å²) in [4.78, 5) is 23.9. The largest absolute Gasteiger partial charge is 0.573 e. The summed E-state index contributed by atoms with van der Waals surface area (Å²) in [6.07, 6.45) is -6.12. The maximum Gasteiger partial charge on any atom is 0.573 e. The number of carbonyl (C=O) groups is 2. The van der Waals surface area contributed by atoms with Gasteiger partial charge in [-0.15, -0.1) is 13.2 Å². The molecule has 0 aromatic heterocycles. The Labute approximate surface area is 155 Å². The molecule has 0 spiro atoms. The lowest BCUT2D eigenvalue weighted by Gasteiger charge is -2.14. The third-order valence-corrected chi connectivity index (χ3v) is 3.39. The fourth-order valence-corrected chi connectivity index (χ4v) is 2.08. The van der Waals surface area contributed by atoms with E-state index in [4.69, 9.17) is 16.3 Å². The van der Waals surface area contributed by atoms with Gasteiger partial charge in [0.05, 0.1) is 5.56 Å². The van der Waals surface area contributed by atoms with Gasteiger partial charge in [0.25, 0.3) is 5.91 Å². The number of carbonyl (C=O) groups excluding carboxylic acids is 2. The van der Waals surface area contributed by atoms with Crippen LogP contribution in [0.2, 0.25) is 5.02 Å². The second-order valence-corrected chi connectivity index (χ2v) is 5.67. The van der Waals surface area contributed by atoms with Gasteiger partial charge in [0.2, 0.25) is 0 Å². The zero-order valence-corrected chi connectivity index (χ0v) is 14.4. The number of halogens is 5. The molecule has 2 rings (SSSR count). The van der Waals surface area contributed by atoms with E-state index in [1.165, 1.54) is 25.1 Å². The molecule has 0 saturated heterocycles. The Hall–Kier alpha value is -2.81. The third kappa shape index (κ3) is 6.14. The predicted molar refractivity (Wildman–Crippen MR) is 88.0 cm³/mol. The Kier molecular flexibility index (Phi) is 6.27. The van der Waals surface area contributed by atoms with E-state index in [1.807, 2.05) is 0 Å². The zero-order valence-electron chi connectivity index (χ0n) is 13.6. The van der Waals surface area contributed by atoms with Crippen molar-refractivity contribution < 1.29 is 36.6 Å². The van der Waals surface area contributed by atoms with E-state index in [0.29, 0.717) is 0 Å². The lowest BCUT2D eigenvalue weighted by molar-refractivity contribution is -0.274. The molecule has 2 aromatic rings. The summed E-state index contributed by atoms with van der Waals surface area (Å²) in [5, 5.41) is 2.44. The number of ether oxygens (including phenoxy) is 2. The molecule has 0 saturated carbocycles. The van der Waals surface area contributed by atoms with Crippen LogP contribution in [0.25, 0.3) is 0 Å². The van der Waals surface area contributed by atoms with Crippen LogP contribution < -0.4 is 10.1 Å². The van der Waals surface area contributed by atoms with E-state index in [-0.39, 0.29) is 10.7 Å². The molecule has 0 radical (unpaired) electrons. The molecular formula is C17H12ClF4NO4. The number of amides is 1. The van der Waals surface area contributed by atoms with Gasteiger partial charge < -0.3 is 14.8 Å². The highest BCUT2D eigenvalue weighted by molar-refractivity contribution is 6.30. The second-order valence-electron chi connectivity index (χ2n) is 5.23. The van der Waals surface area contributed by atoms with Crippen LogP contribution in [-0.2, 0) is 9.53 Å². The number of hydrogen-bond acceptors (Lipinski definition) is 4. The number of rotatable bonds is 5. The third-order valence-electron chi connectivity index (χ3n) is 3.16. The summed E-state index contributed by atoms with van der Waals surface area (Å²) >= 11 is 5.59. The Bertz CT molecular complexity index is 840. The van der Waals surface area contributed by atoms with Gasteiger partial charge in [-0.2, -0.15) is 0 Å². The minimum Gasteiger partial charge on any atom is -0.449 e. The summed E-state index contributed by atoms with van der Waals surface area (Å²) in [6, 6.07) is 7.68. The standard InChI is InChI=1S/C17H12ClF4NO4/c1-9(26-16(25)13-7-2-10(18)8-14(13)19)15(24)23-11-3-5-12(6-4-11)27-17(20,21)22/h2-9H,1H3,(H,23,24). The number of nitrogens with one attached hydrogen (secondary N) is 1. The highest BCUT2D eigenvalue weighted by atomic mass is 35.5. The van der Waals surface area contributed by atoms with Crippen molar-refractivity contribution in [2.75, 3.05) is 5.32 Å². The molecule has 1 N–H and O–H groups in total. The fourth-order valence-electron chi connectivity index (χ4n) is 1.92. The molecule has 27 heavy (non-hydrogen) atoms. The predicted octanol–water partition coefficient (Wildman–Crippen LogP) is 4.56. The van der Waals surface area contributed by atoms with Crippen LogP contribution in [0.15, 0.2) is 42.5 Å². The molecule has 144 valence electrons. The Morgan fingerprint density at radius 2 is 1.74 bits per heavy atom. The minimum atomic E-state index is -4.83. The smallest absolute Gasteiger partial charge is 0.449 e. The Morgan fingerprint density at radius 3 is 2.30 bits per heavy atom. The van der Waals surface area contributed by atoms with Crippen molar-refractivity contribution in [2.45, 2.75) is 19.4 Å². The SMILES string of the molecule is CC(OC(=O)c1ccc(Cl)cc1F)C(=O)Nc1ccc(OC(F)(F)F)cc1. The summed E-state index contributed by atoms with van der Waals surface area (Å²) in [7, 11) is 0. The van der Waals surface area contributed by atoms with Crippen molar-refractivity contribution in [1.29, 1.82) is 0 Å². The van der Waals surface area contributed by atoms with Gasteiger partial charge in [-0.3, -0.25) is 4.79 Å². The van der Waals surface area contributed by atoms with Crippen molar-refractivity contribution in [3.8, 4) is 5.75 Å². The minimum absolute atomic E-state index is 0.0905. The van der Waals surface area contributed by atoms with Crippen LogP contribution in [0.1, 0.15) is 17.3 Å². The highest BCUT2D eigenvalue weighted by Gasteiger charge is 2.31. The molecular weight excluding hydrogens is 394 g/mol. The molecule has 0 aliphatic carbocycles. The lowest BCUT2D eigenvalue weighted by Crippen LogP contribution is -2.30. The number of anilines is 1. The maximum atomic E-state index is 13.7. The molecule has 1 unspecified atom stereocenters. The molecule has 0 aliphatic rings. The number of alkyl halides is 3. The summed E-state index contributed by atoms with van der Waals surface area (Å²) in [5.41, 5.74) is -0.247. The highest BCUT2D eigenvalue weighted by Crippen LogP contribution is 2.24. The van der Waals surface area contributed by atoms with Crippen LogP contribution >= 0.6 is 11.6 Å². The first kappa shape index (κ1) is 20.5. The van der Waals surface area contributed by atoms with E-state index in [1.54, 1.807) is 0 Å². The molecule has 0 bridgehead atoms. The number of hydrogen-bond donors (Lipinski definition) is 1. The topological polar surface area (TPSA) is 64.6 Å². The molecule has 10 heteroatoms. The van der Waals surface area contributed by atoms with Crippen LogP contribution in [0.4, 0.5) is 23.2 Å². The second kappa shape index (κ2) is 8.26. The molecule has 1 atom stereocenters. The summed E-state index contributed by atoms with van der Waals surface area (Å²) in [5.74, 6) is -3.19. The molecule has 5 nitrogen and oxygen atoms in total. The maximum absolute atomic E-state index is 13.7. The number of benzene rings is 2. The van der Waals surface area contributed by atoms with Gasteiger partial charge >= 0.3 is 12.3 Å². The van der Waals surface area contributed by atoms with E-state index in [2.05, 4.69) is 10.1 Å². The first-order valence-electron chi connectivity index (χ1n) is 7.38. The Morgan fingerprint density at radius 1 is 1.11 bits per heavy atom. The molecule has 0 heterocycles. The average Bonchev–Trinajstić information content (AvgIpc) is 2.55. The average molecular weight is 406 g/mol. The van der Waals surface area contributed by atoms with Crippen molar-refractivity contribution in [1.82, 2.24) is 0 Å². The van der Waals surface area contributed by atoms with Gasteiger partial charge in [0.1, 0.15) is 11.6 Å². The van der Waals surface area contributed by atoms with Crippen LogP contribution in [0.3, 0.4) is 0 Å². The molecule has 0 fully saturated rings. The first-order chi connectivity index (χ1) is 12.5. The summed E-state index contributed by atoms with van der Waals surface area (Å²) in [6.45, 7) is 1.25. The quantitative estimate of drug-likeness (QED) is 0.585. The van der Waals surface area contributed by atoms with Crippen molar-refractivity contribution in [3.05, 3.63) is 58.9 Å². The molecule has 1 amide bonds. The lowest BCUT2D eigenvalue weighted by atomic mass is 10.2. The van der Waals surface area contributed by atoms with E-state index in [9.17, 15) is 27.2 Å². The van der Waals surface area contributed by atoms with E-state index in [0.717, 1.165) is 24.3 Å². The van der Waals surface area contributed by atoms with E-state index < -0.39 is 41.5 Å². The van der Waals surface area contributed by atoms with Gasteiger partial charge in [0.15, 0.2) is 6.10 Å². The molecule has 0 aliphatic heterocycles. The van der Waals surface area contributed by atoms with Crippen molar-refractivity contribution in [2.24, 2.45) is 0 Å². The number of esters is 1. The van der Waals surface area contributed by atoms with Gasteiger partial charge in [-0.25, -0.2) is 9.18 Å². The monoisotopic (exact) mass is 405 g/mol.